The van der Waals surface area contributed by atoms with Gasteiger partial charge in [-0.05, 0) is 38.2 Å². The molecule has 1 aromatic heterocycles. The predicted octanol–water partition coefficient (Wildman–Crippen LogP) is 2.84. The maximum Gasteiger partial charge on any atom is 0.253 e. The van der Waals surface area contributed by atoms with E-state index in [1.54, 1.807) is 0 Å². The summed E-state index contributed by atoms with van der Waals surface area (Å²) in [6, 6.07) is 2.06. The van der Waals surface area contributed by atoms with Gasteiger partial charge in [0.2, 0.25) is 0 Å². The van der Waals surface area contributed by atoms with E-state index < -0.39 is 0 Å². The Morgan fingerprint density at radius 2 is 2.22 bits per heavy atom. The number of ether oxygens (including phenoxy) is 2. The molecule has 2 heterocycles. The van der Waals surface area contributed by atoms with E-state index in [0.717, 1.165) is 50.3 Å². The number of hydrogen-bond donors (Lipinski definition) is 2. The first-order valence-electron chi connectivity index (χ1n) is 8.76. The van der Waals surface area contributed by atoms with Gasteiger partial charge in [-0.3, -0.25) is 4.79 Å². The molecular formula is C18H28N2O3. The highest BCUT2D eigenvalue weighted by Gasteiger charge is 2.56. The van der Waals surface area contributed by atoms with Gasteiger partial charge in [0.15, 0.2) is 0 Å². The second-order valence-corrected chi connectivity index (χ2v) is 7.01. The van der Waals surface area contributed by atoms with Gasteiger partial charge in [0.1, 0.15) is 0 Å². The molecule has 1 saturated heterocycles. The van der Waals surface area contributed by atoms with Gasteiger partial charge in [0, 0.05) is 43.2 Å². The monoisotopic (exact) mass is 320 g/mol. The zero-order valence-electron chi connectivity index (χ0n) is 14.4. The van der Waals surface area contributed by atoms with Gasteiger partial charge in [0.05, 0.1) is 11.7 Å². The largest absolute Gasteiger partial charge is 0.381 e. The molecule has 23 heavy (non-hydrogen) atoms. The number of aromatic nitrogens is 1. The summed E-state index contributed by atoms with van der Waals surface area (Å²) >= 11 is 0. The molecule has 2 N–H and O–H groups in total. The Morgan fingerprint density at radius 3 is 2.87 bits per heavy atom. The smallest absolute Gasteiger partial charge is 0.253 e. The molecule has 2 atom stereocenters. The molecule has 1 saturated carbocycles. The lowest BCUT2D eigenvalue weighted by molar-refractivity contribution is -0.170. The van der Waals surface area contributed by atoms with Crippen LogP contribution in [0, 0.1) is 5.41 Å². The summed E-state index contributed by atoms with van der Waals surface area (Å²) in [5.41, 5.74) is 1.82. The van der Waals surface area contributed by atoms with Crippen LogP contribution in [0.3, 0.4) is 0 Å². The number of carbonyl (C=O) groups is 1. The van der Waals surface area contributed by atoms with Crippen molar-refractivity contribution in [1.82, 2.24) is 10.3 Å². The van der Waals surface area contributed by atoms with Crippen molar-refractivity contribution in [3.63, 3.8) is 0 Å². The highest BCUT2D eigenvalue weighted by molar-refractivity contribution is 5.95. The van der Waals surface area contributed by atoms with Crippen molar-refractivity contribution in [1.29, 1.82) is 0 Å². The number of hydrogen-bond acceptors (Lipinski definition) is 3. The molecule has 0 radical (unpaired) electrons. The molecule has 3 rings (SSSR count). The maximum atomic E-state index is 12.7. The van der Waals surface area contributed by atoms with E-state index in [1.807, 2.05) is 19.2 Å². The first-order chi connectivity index (χ1) is 11.1. The second-order valence-electron chi connectivity index (χ2n) is 7.01. The Bertz CT molecular complexity index is 546. The van der Waals surface area contributed by atoms with E-state index in [2.05, 4.69) is 24.1 Å². The summed E-state index contributed by atoms with van der Waals surface area (Å²) in [5.74, 6) is 0.334. The minimum absolute atomic E-state index is 0.0285. The fourth-order valence-electron chi connectivity index (χ4n) is 4.10. The van der Waals surface area contributed by atoms with Crippen molar-refractivity contribution in [2.45, 2.75) is 58.1 Å². The average Bonchev–Trinajstić information content (AvgIpc) is 3.04. The van der Waals surface area contributed by atoms with Crippen molar-refractivity contribution in [2.24, 2.45) is 5.41 Å². The predicted molar refractivity (Wildman–Crippen MR) is 88.7 cm³/mol. The molecule has 1 aliphatic carbocycles. The van der Waals surface area contributed by atoms with Gasteiger partial charge in [-0.15, -0.1) is 0 Å². The molecular weight excluding hydrogens is 292 g/mol. The van der Waals surface area contributed by atoms with E-state index >= 15 is 0 Å². The first-order valence-corrected chi connectivity index (χ1v) is 8.76. The highest BCUT2D eigenvalue weighted by Crippen LogP contribution is 2.50. The minimum Gasteiger partial charge on any atom is -0.381 e. The average molecular weight is 320 g/mol. The summed E-state index contributed by atoms with van der Waals surface area (Å²) in [5, 5.41) is 3.27. The zero-order chi connectivity index (χ0) is 16.4. The lowest BCUT2D eigenvalue weighted by atomic mass is 9.57. The van der Waals surface area contributed by atoms with Crippen molar-refractivity contribution in [3.05, 3.63) is 23.5 Å². The summed E-state index contributed by atoms with van der Waals surface area (Å²) in [7, 11) is 0. The molecule has 2 fully saturated rings. The topological polar surface area (TPSA) is 63.3 Å². The Labute approximate surface area is 138 Å². The number of H-pyrrole nitrogens is 1. The Balaban J connectivity index is 1.72. The normalized spacial score (nSPS) is 26.3. The molecule has 1 aliphatic heterocycles. The van der Waals surface area contributed by atoms with Crippen LogP contribution in [-0.2, 0) is 9.47 Å². The third-order valence-corrected chi connectivity index (χ3v) is 5.48. The van der Waals surface area contributed by atoms with Crippen LogP contribution in [0.5, 0.6) is 0 Å². The Morgan fingerprint density at radius 1 is 1.48 bits per heavy atom. The summed E-state index contributed by atoms with van der Waals surface area (Å²) < 4.78 is 11.5. The number of aromatic amines is 1. The van der Waals surface area contributed by atoms with Crippen molar-refractivity contribution < 1.29 is 14.3 Å². The van der Waals surface area contributed by atoms with Crippen LogP contribution in [0.4, 0.5) is 0 Å². The van der Waals surface area contributed by atoms with Crippen LogP contribution in [0.1, 0.15) is 62.0 Å². The van der Waals surface area contributed by atoms with Crippen LogP contribution in [0.15, 0.2) is 12.3 Å². The second kappa shape index (κ2) is 6.65. The summed E-state index contributed by atoms with van der Waals surface area (Å²) in [6.45, 7) is 8.47. The quantitative estimate of drug-likeness (QED) is 0.877. The van der Waals surface area contributed by atoms with Crippen LogP contribution in [0.2, 0.25) is 0 Å². The van der Waals surface area contributed by atoms with Gasteiger partial charge in [0.25, 0.3) is 5.91 Å². The molecule has 128 valence electrons. The molecule has 2 aliphatic rings. The van der Waals surface area contributed by atoms with E-state index in [4.69, 9.17) is 9.47 Å². The molecule has 5 heteroatoms. The minimum atomic E-state index is 0.0285. The third kappa shape index (κ3) is 2.92. The van der Waals surface area contributed by atoms with Gasteiger partial charge in [-0.25, -0.2) is 0 Å². The lowest BCUT2D eigenvalue weighted by Gasteiger charge is -2.57. The number of amides is 1. The standard InChI is InChI=1S/C18H28N2O3/c1-4-23-15-11-14(18(15)6-9-22-10-7-18)20-17(21)13-5-8-19-16(13)12(2)3/h5,8,12,14-15,19H,4,6-7,9-11H2,1-3H3,(H,20,21)/t14-,15-/m1/s1. The molecule has 1 spiro atoms. The molecule has 0 bridgehead atoms. The van der Waals surface area contributed by atoms with E-state index in [0.29, 0.717) is 5.92 Å². The lowest BCUT2D eigenvalue weighted by Crippen LogP contribution is -2.66. The van der Waals surface area contributed by atoms with Crippen LogP contribution in [-0.4, -0.2) is 42.9 Å². The van der Waals surface area contributed by atoms with Crippen LogP contribution < -0.4 is 5.32 Å². The number of rotatable bonds is 5. The molecule has 1 aromatic rings. The first kappa shape index (κ1) is 16.5. The van der Waals surface area contributed by atoms with E-state index in [-0.39, 0.29) is 23.5 Å². The molecule has 0 unspecified atom stereocenters. The van der Waals surface area contributed by atoms with Crippen LogP contribution in [0.25, 0.3) is 0 Å². The van der Waals surface area contributed by atoms with E-state index in [9.17, 15) is 4.79 Å². The molecule has 5 nitrogen and oxygen atoms in total. The Hall–Kier alpha value is -1.33. The Kier molecular flexibility index (Phi) is 4.78. The number of nitrogens with one attached hydrogen (secondary N) is 2. The number of carbonyl (C=O) groups excluding carboxylic acids is 1. The highest BCUT2D eigenvalue weighted by atomic mass is 16.5. The fraction of sp³-hybridized carbons (Fsp3) is 0.722. The fourth-order valence-corrected chi connectivity index (χ4v) is 4.10. The van der Waals surface area contributed by atoms with Crippen molar-refractivity contribution in [3.8, 4) is 0 Å². The summed E-state index contributed by atoms with van der Waals surface area (Å²) in [4.78, 5) is 15.9. The summed E-state index contributed by atoms with van der Waals surface area (Å²) in [6.07, 6.45) is 4.93. The van der Waals surface area contributed by atoms with Crippen molar-refractivity contribution in [2.75, 3.05) is 19.8 Å². The van der Waals surface area contributed by atoms with Gasteiger partial charge in [-0.2, -0.15) is 0 Å². The SMILES string of the molecule is CCO[C@@H]1C[C@@H](NC(=O)c2cc[nH]c2C(C)C)C12CCOCC2. The third-order valence-electron chi connectivity index (χ3n) is 5.48. The van der Waals surface area contributed by atoms with Crippen LogP contribution >= 0.6 is 0 Å². The van der Waals surface area contributed by atoms with Gasteiger partial charge in [-0.1, -0.05) is 13.8 Å². The van der Waals surface area contributed by atoms with Gasteiger partial charge >= 0.3 is 0 Å². The molecule has 0 aromatic carbocycles. The maximum absolute atomic E-state index is 12.7. The van der Waals surface area contributed by atoms with E-state index in [1.165, 1.54) is 0 Å². The van der Waals surface area contributed by atoms with Gasteiger partial charge < -0.3 is 19.8 Å². The van der Waals surface area contributed by atoms with Crippen molar-refractivity contribution >= 4 is 5.91 Å². The zero-order valence-corrected chi connectivity index (χ0v) is 14.4. The molecule has 1 amide bonds.